The molecule has 0 bridgehead atoms. The Hall–Kier alpha value is -1.79. The Morgan fingerprint density at radius 3 is 2.42 bits per heavy atom. The van der Waals surface area contributed by atoms with E-state index in [4.69, 9.17) is 10.8 Å². The van der Waals surface area contributed by atoms with Gasteiger partial charge in [-0.2, -0.15) is 0 Å². The number of carbonyl (C=O) groups is 3. The van der Waals surface area contributed by atoms with Crippen LogP contribution in [0.5, 0.6) is 0 Å². The maximum absolute atomic E-state index is 11.4. The van der Waals surface area contributed by atoms with Gasteiger partial charge in [-0.05, 0) is 19.3 Å². The van der Waals surface area contributed by atoms with Gasteiger partial charge in [0.2, 0.25) is 5.91 Å². The van der Waals surface area contributed by atoms with Gasteiger partial charge < -0.3 is 21.5 Å². The number of carboxylic acid groups (broad SMARTS) is 1. The fourth-order valence-corrected chi connectivity index (χ4v) is 1.57. The van der Waals surface area contributed by atoms with Crippen molar-refractivity contribution in [2.24, 2.45) is 11.7 Å². The molecule has 0 aromatic heterocycles. The minimum atomic E-state index is -0.899. The predicted molar refractivity (Wildman–Crippen MR) is 70.5 cm³/mol. The third-order valence-corrected chi connectivity index (χ3v) is 2.63. The first-order valence-corrected chi connectivity index (χ1v) is 6.50. The van der Waals surface area contributed by atoms with E-state index in [-0.39, 0.29) is 18.5 Å². The quantitative estimate of drug-likeness (QED) is 0.431. The number of urea groups is 1. The minimum Gasteiger partial charge on any atom is -0.481 e. The molecule has 0 spiro atoms. The molecule has 0 aromatic rings. The highest BCUT2D eigenvalue weighted by Crippen LogP contribution is 2.04. The van der Waals surface area contributed by atoms with Gasteiger partial charge in [0.05, 0.1) is 5.92 Å². The molecule has 0 radical (unpaired) electrons. The van der Waals surface area contributed by atoms with Gasteiger partial charge in [-0.3, -0.25) is 9.59 Å². The summed E-state index contributed by atoms with van der Waals surface area (Å²) in [5, 5.41) is 14.0. The number of amides is 3. The monoisotopic (exact) mass is 273 g/mol. The topological polar surface area (TPSA) is 122 Å². The second-order valence-corrected chi connectivity index (χ2v) is 4.38. The molecule has 0 aliphatic heterocycles. The highest BCUT2D eigenvalue weighted by atomic mass is 16.4. The van der Waals surface area contributed by atoms with E-state index in [2.05, 4.69) is 10.6 Å². The van der Waals surface area contributed by atoms with Crippen molar-refractivity contribution in [1.29, 1.82) is 0 Å². The van der Waals surface area contributed by atoms with E-state index >= 15 is 0 Å². The van der Waals surface area contributed by atoms with E-state index in [1.54, 1.807) is 0 Å². The van der Waals surface area contributed by atoms with Crippen LogP contribution in [-0.2, 0) is 9.59 Å². The molecule has 19 heavy (non-hydrogen) atoms. The fraction of sp³-hybridized carbons (Fsp3) is 0.750. The van der Waals surface area contributed by atoms with Crippen molar-refractivity contribution in [3.05, 3.63) is 0 Å². The first kappa shape index (κ1) is 17.2. The average molecular weight is 273 g/mol. The molecule has 0 rings (SSSR count). The first-order chi connectivity index (χ1) is 8.97. The van der Waals surface area contributed by atoms with Gasteiger partial charge in [0.25, 0.3) is 0 Å². The summed E-state index contributed by atoms with van der Waals surface area (Å²) < 4.78 is 0. The Labute approximate surface area is 112 Å². The molecule has 0 saturated carbocycles. The number of unbranched alkanes of at least 4 members (excludes halogenated alkanes) is 1. The molecule has 3 amide bonds. The van der Waals surface area contributed by atoms with E-state index in [9.17, 15) is 14.4 Å². The largest absolute Gasteiger partial charge is 0.481 e. The van der Waals surface area contributed by atoms with Crippen molar-refractivity contribution in [2.45, 2.75) is 39.0 Å². The van der Waals surface area contributed by atoms with Crippen LogP contribution in [0.15, 0.2) is 0 Å². The van der Waals surface area contributed by atoms with Crippen molar-refractivity contribution in [2.75, 3.05) is 13.1 Å². The van der Waals surface area contributed by atoms with Crippen LogP contribution < -0.4 is 16.4 Å². The van der Waals surface area contributed by atoms with Gasteiger partial charge in [0.15, 0.2) is 0 Å². The molecule has 0 aliphatic rings. The molecule has 7 heteroatoms. The maximum atomic E-state index is 11.4. The summed E-state index contributed by atoms with van der Waals surface area (Å²) in [6.07, 6.45) is 2.89. The molecule has 110 valence electrons. The number of primary amides is 1. The highest BCUT2D eigenvalue weighted by Gasteiger charge is 2.16. The van der Waals surface area contributed by atoms with Crippen molar-refractivity contribution in [3.8, 4) is 0 Å². The fourth-order valence-electron chi connectivity index (χ4n) is 1.57. The summed E-state index contributed by atoms with van der Waals surface area (Å²) in [7, 11) is 0. The lowest BCUT2D eigenvalue weighted by molar-refractivity contribution is -0.141. The molecule has 0 fully saturated rings. The molecular formula is C12H23N3O4. The molecule has 7 nitrogen and oxygen atoms in total. The number of carboxylic acids is 1. The van der Waals surface area contributed by atoms with Crippen molar-refractivity contribution < 1.29 is 19.5 Å². The van der Waals surface area contributed by atoms with Crippen molar-refractivity contribution in [1.82, 2.24) is 10.6 Å². The zero-order valence-corrected chi connectivity index (χ0v) is 11.3. The zero-order chi connectivity index (χ0) is 14.7. The minimum absolute atomic E-state index is 0.121. The van der Waals surface area contributed by atoms with Crippen LogP contribution in [-0.4, -0.2) is 36.1 Å². The number of hydrogen-bond donors (Lipinski definition) is 4. The Balaban J connectivity index is 3.68. The standard InChI is InChI=1S/C12H23N3O4/c1-2-5-9(11(17)18)8-15-12(19)14-7-4-3-6-10(13)16/h9H,2-8H2,1H3,(H2,13,16)(H,17,18)(H2,14,15,19). The SMILES string of the molecule is CCCC(CNC(=O)NCCCCC(N)=O)C(=O)O. The van der Waals surface area contributed by atoms with Crippen molar-refractivity contribution in [3.63, 3.8) is 0 Å². The Morgan fingerprint density at radius 2 is 1.89 bits per heavy atom. The molecule has 0 aliphatic carbocycles. The van der Waals surface area contributed by atoms with E-state index in [1.807, 2.05) is 6.92 Å². The van der Waals surface area contributed by atoms with Crippen LogP contribution in [0, 0.1) is 5.92 Å². The van der Waals surface area contributed by atoms with Gasteiger partial charge in [-0.15, -0.1) is 0 Å². The summed E-state index contributed by atoms with van der Waals surface area (Å²) in [5.41, 5.74) is 4.98. The lowest BCUT2D eigenvalue weighted by Gasteiger charge is -2.12. The van der Waals surface area contributed by atoms with Gasteiger partial charge in [0.1, 0.15) is 0 Å². The van der Waals surface area contributed by atoms with Crippen LogP contribution >= 0.6 is 0 Å². The molecule has 0 heterocycles. The van der Waals surface area contributed by atoms with Gasteiger partial charge >= 0.3 is 12.0 Å². The van der Waals surface area contributed by atoms with Crippen LogP contribution in [0.2, 0.25) is 0 Å². The summed E-state index contributed by atoms with van der Waals surface area (Å²) in [5.74, 6) is -1.80. The first-order valence-electron chi connectivity index (χ1n) is 6.50. The normalized spacial score (nSPS) is 11.6. The summed E-state index contributed by atoms with van der Waals surface area (Å²) in [4.78, 5) is 32.7. The van der Waals surface area contributed by atoms with E-state index in [0.717, 1.165) is 6.42 Å². The van der Waals surface area contributed by atoms with Crippen LogP contribution in [0.3, 0.4) is 0 Å². The number of carbonyl (C=O) groups excluding carboxylic acids is 2. The molecule has 1 atom stereocenters. The lowest BCUT2D eigenvalue weighted by atomic mass is 10.0. The van der Waals surface area contributed by atoms with Gasteiger partial charge in [0, 0.05) is 19.5 Å². The molecule has 5 N–H and O–H groups in total. The molecule has 1 unspecified atom stereocenters. The van der Waals surface area contributed by atoms with E-state index in [0.29, 0.717) is 32.2 Å². The van der Waals surface area contributed by atoms with Crippen molar-refractivity contribution >= 4 is 17.9 Å². The Morgan fingerprint density at radius 1 is 1.21 bits per heavy atom. The summed E-state index contributed by atoms with van der Waals surface area (Å²) in [6, 6.07) is -0.388. The van der Waals surface area contributed by atoms with E-state index < -0.39 is 11.9 Å². The number of nitrogens with one attached hydrogen (secondary N) is 2. The third kappa shape index (κ3) is 9.87. The van der Waals surface area contributed by atoms with Crippen LogP contribution in [0.4, 0.5) is 4.79 Å². The number of hydrogen-bond acceptors (Lipinski definition) is 3. The predicted octanol–water partition coefficient (Wildman–Crippen LogP) is 0.442. The van der Waals surface area contributed by atoms with E-state index in [1.165, 1.54) is 0 Å². The van der Waals surface area contributed by atoms with Gasteiger partial charge in [-0.1, -0.05) is 13.3 Å². The van der Waals surface area contributed by atoms with Crippen LogP contribution in [0.1, 0.15) is 39.0 Å². The molecule has 0 saturated heterocycles. The third-order valence-electron chi connectivity index (χ3n) is 2.63. The average Bonchev–Trinajstić information content (AvgIpc) is 2.33. The molecular weight excluding hydrogens is 250 g/mol. The van der Waals surface area contributed by atoms with Gasteiger partial charge in [-0.25, -0.2) is 4.79 Å². The summed E-state index contributed by atoms with van der Waals surface area (Å²) in [6.45, 7) is 2.45. The number of rotatable bonds is 10. The maximum Gasteiger partial charge on any atom is 0.314 e. The Bertz CT molecular complexity index is 307. The van der Waals surface area contributed by atoms with Crippen LogP contribution in [0.25, 0.3) is 0 Å². The Kier molecular flexibility index (Phi) is 9.20. The second kappa shape index (κ2) is 10.2. The number of aliphatic carboxylic acids is 1. The zero-order valence-electron chi connectivity index (χ0n) is 11.3. The number of nitrogens with two attached hydrogens (primary N) is 1. The smallest absolute Gasteiger partial charge is 0.314 e. The highest BCUT2D eigenvalue weighted by molar-refractivity contribution is 5.75. The molecule has 0 aromatic carbocycles. The summed E-state index contributed by atoms with van der Waals surface area (Å²) >= 11 is 0. The lowest BCUT2D eigenvalue weighted by Crippen LogP contribution is -2.40. The second-order valence-electron chi connectivity index (χ2n) is 4.38.